The SMILES string of the molecule is CC(=C/C=C/C=C(C)\C=C\C=C(C)/C=C/C=C(/C)CC/C=C(\C)CO)/C=C/C=C(C)\C=C\C=C(\C)CC/C=C(\C)CO. The van der Waals surface area contributed by atoms with Gasteiger partial charge in [-0.25, -0.2) is 0 Å². The normalized spacial score (nSPS) is 16.1. The van der Waals surface area contributed by atoms with E-state index in [0.717, 1.165) is 36.8 Å². The molecule has 0 aliphatic heterocycles. The molecule has 228 valence electrons. The molecule has 0 heterocycles. The van der Waals surface area contributed by atoms with Gasteiger partial charge in [0.15, 0.2) is 0 Å². The Morgan fingerprint density at radius 2 is 0.667 bits per heavy atom. The largest absolute Gasteiger partial charge is 0.392 e. The molecule has 0 unspecified atom stereocenters. The van der Waals surface area contributed by atoms with E-state index in [9.17, 15) is 0 Å². The van der Waals surface area contributed by atoms with Gasteiger partial charge in [-0.15, -0.1) is 0 Å². The molecule has 0 rings (SSSR count). The number of aliphatic hydroxyl groups is 2. The van der Waals surface area contributed by atoms with Crippen LogP contribution in [-0.4, -0.2) is 23.4 Å². The van der Waals surface area contributed by atoms with Gasteiger partial charge in [-0.1, -0.05) is 154 Å². The molecule has 0 bridgehead atoms. The van der Waals surface area contributed by atoms with Crippen molar-refractivity contribution in [1.82, 2.24) is 0 Å². The van der Waals surface area contributed by atoms with E-state index in [1.54, 1.807) is 0 Å². The summed E-state index contributed by atoms with van der Waals surface area (Å²) in [6, 6.07) is 0. The first-order valence-corrected chi connectivity index (χ1v) is 15.0. The Bertz CT molecular complexity index is 1100. The third kappa shape index (κ3) is 24.3. The van der Waals surface area contributed by atoms with Crippen molar-refractivity contribution in [3.8, 4) is 0 Å². The molecule has 0 radical (unpaired) electrons. The van der Waals surface area contributed by atoms with Crippen LogP contribution in [0.1, 0.15) is 81.1 Å². The van der Waals surface area contributed by atoms with Gasteiger partial charge in [0.1, 0.15) is 0 Å². The molecule has 0 aliphatic carbocycles. The molecule has 0 saturated heterocycles. The smallest absolute Gasteiger partial charge is 0.0639 e. The fourth-order valence-electron chi connectivity index (χ4n) is 3.46. The van der Waals surface area contributed by atoms with Crippen LogP contribution in [0.4, 0.5) is 0 Å². The average Bonchev–Trinajstić information content (AvgIpc) is 2.95. The molecule has 0 aromatic heterocycles. The predicted molar refractivity (Wildman–Crippen MR) is 188 cm³/mol. The lowest BCUT2D eigenvalue weighted by Gasteiger charge is -1.98. The van der Waals surface area contributed by atoms with E-state index in [2.05, 4.69) is 151 Å². The van der Waals surface area contributed by atoms with Crippen molar-refractivity contribution in [1.29, 1.82) is 0 Å². The lowest BCUT2D eigenvalue weighted by atomic mass is 10.1. The molecule has 0 aliphatic rings. The van der Waals surface area contributed by atoms with Crippen molar-refractivity contribution in [2.24, 2.45) is 0 Å². The predicted octanol–water partition coefficient (Wildman–Crippen LogP) is 10.9. The van der Waals surface area contributed by atoms with Gasteiger partial charge in [-0.2, -0.15) is 0 Å². The van der Waals surface area contributed by atoms with Gasteiger partial charge in [0, 0.05) is 0 Å². The van der Waals surface area contributed by atoms with Crippen LogP contribution < -0.4 is 0 Å². The quantitative estimate of drug-likeness (QED) is 0.127. The molecule has 0 spiro atoms. The van der Waals surface area contributed by atoms with Crippen molar-refractivity contribution >= 4 is 0 Å². The van der Waals surface area contributed by atoms with Crippen LogP contribution in [0, 0.1) is 0 Å². The zero-order valence-electron chi connectivity index (χ0n) is 27.5. The monoisotopic (exact) mass is 568 g/mol. The van der Waals surface area contributed by atoms with E-state index in [-0.39, 0.29) is 13.2 Å². The van der Waals surface area contributed by atoms with Crippen LogP contribution in [0.25, 0.3) is 0 Å². The summed E-state index contributed by atoms with van der Waals surface area (Å²) in [4.78, 5) is 0. The van der Waals surface area contributed by atoms with Crippen LogP contribution in [0.3, 0.4) is 0 Å². The first kappa shape index (κ1) is 38.5. The van der Waals surface area contributed by atoms with E-state index >= 15 is 0 Å². The minimum Gasteiger partial charge on any atom is -0.392 e. The highest BCUT2D eigenvalue weighted by atomic mass is 16.3. The minimum absolute atomic E-state index is 0.141. The van der Waals surface area contributed by atoms with Gasteiger partial charge in [0.2, 0.25) is 0 Å². The number of hydrogen-bond donors (Lipinski definition) is 2. The Morgan fingerprint density at radius 3 is 0.976 bits per heavy atom. The minimum atomic E-state index is 0.141. The standard InChI is InChI=1S/C40H56O2/c1-33(19-11-21-35(3)23-13-25-37(5)27-15-29-39(7)31-41)17-9-10-18-34(2)20-12-22-36(4)24-14-26-38(6)28-16-30-40(8)32-42/h9-14,17-26,29-30,41-42H,15-16,27-28,31-32H2,1-8H3/b10-9+,19-11+,20-12+,23-13+,24-14+,33-17-,34-18-,35-21-,36-22-,37-25-,38-26-,39-29+,40-30+. The second-order valence-electron chi connectivity index (χ2n) is 11.0. The summed E-state index contributed by atoms with van der Waals surface area (Å²) in [5.74, 6) is 0. The number of allylic oxidation sites excluding steroid dienone is 24. The molecular weight excluding hydrogens is 512 g/mol. The number of hydrogen-bond acceptors (Lipinski definition) is 2. The second-order valence-corrected chi connectivity index (χ2v) is 11.0. The van der Waals surface area contributed by atoms with Crippen molar-refractivity contribution in [3.05, 3.63) is 154 Å². The lowest BCUT2D eigenvalue weighted by molar-refractivity contribution is 0.330. The summed E-state index contributed by atoms with van der Waals surface area (Å²) in [6.07, 6.45) is 41.9. The van der Waals surface area contributed by atoms with Gasteiger partial charge in [0.05, 0.1) is 13.2 Å². The molecule has 2 N–H and O–H groups in total. The van der Waals surface area contributed by atoms with Gasteiger partial charge < -0.3 is 10.2 Å². The van der Waals surface area contributed by atoms with E-state index in [4.69, 9.17) is 10.2 Å². The highest BCUT2D eigenvalue weighted by molar-refractivity contribution is 5.32. The zero-order chi connectivity index (χ0) is 31.6. The highest BCUT2D eigenvalue weighted by Gasteiger charge is 1.90. The fourth-order valence-corrected chi connectivity index (χ4v) is 3.46. The Balaban J connectivity index is 4.70. The summed E-state index contributed by atoms with van der Waals surface area (Å²) in [5.41, 5.74) is 9.49. The van der Waals surface area contributed by atoms with Crippen LogP contribution in [0.2, 0.25) is 0 Å². The maximum absolute atomic E-state index is 9.05. The van der Waals surface area contributed by atoms with Crippen LogP contribution in [0.5, 0.6) is 0 Å². The Kier molecular flexibility index (Phi) is 23.2. The van der Waals surface area contributed by atoms with Gasteiger partial charge in [0.25, 0.3) is 0 Å². The lowest BCUT2D eigenvalue weighted by Crippen LogP contribution is -1.84. The molecule has 42 heavy (non-hydrogen) atoms. The molecule has 2 heteroatoms. The maximum Gasteiger partial charge on any atom is 0.0639 e. The van der Waals surface area contributed by atoms with Crippen molar-refractivity contribution < 1.29 is 10.2 Å². The maximum atomic E-state index is 9.05. The molecule has 0 aromatic carbocycles. The Hall–Kier alpha value is -3.46. The second kappa shape index (κ2) is 25.3. The zero-order valence-corrected chi connectivity index (χ0v) is 27.5. The van der Waals surface area contributed by atoms with Gasteiger partial charge >= 0.3 is 0 Å². The number of rotatable bonds is 18. The molecule has 0 atom stereocenters. The van der Waals surface area contributed by atoms with Crippen molar-refractivity contribution in [3.63, 3.8) is 0 Å². The van der Waals surface area contributed by atoms with E-state index in [1.165, 1.54) is 33.4 Å². The molecule has 0 saturated carbocycles. The molecule has 0 fully saturated rings. The van der Waals surface area contributed by atoms with E-state index < -0.39 is 0 Å². The summed E-state index contributed by atoms with van der Waals surface area (Å²) in [5, 5.41) is 18.1. The summed E-state index contributed by atoms with van der Waals surface area (Å²) in [6.45, 7) is 16.9. The summed E-state index contributed by atoms with van der Waals surface area (Å²) < 4.78 is 0. The van der Waals surface area contributed by atoms with E-state index in [1.807, 2.05) is 13.8 Å². The van der Waals surface area contributed by atoms with Gasteiger partial charge in [-0.05, 0) is 81.1 Å². The summed E-state index contributed by atoms with van der Waals surface area (Å²) in [7, 11) is 0. The Morgan fingerprint density at radius 1 is 0.381 bits per heavy atom. The molecule has 0 aromatic rings. The Labute approximate surface area is 258 Å². The fraction of sp³-hybridized carbons (Fsp3) is 0.350. The molecule has 2 nitrogen and oxygen atoms in total. The van der Waals surface area contributed by atoms with Crippen molar-refractivity contribution in [2.45, 2.75) is 81.1 Å². The van der Waals surface area contributed by atoms with Crippen molar-refractivity contribution in [2.75, 3.05) is 13.2 Å². The van der Waals surface area contributed by atoms with Crippen LogP contribution in [0.15, 0.2) is 154 Å². The first-order valence-electron chi connectivity index (χ1n) is 15.0. The number of aliphatic hydroxyl groups excluding tert-OH is 2. The van der Waals surface area contributed by atoms with Crippen LogP contribution >= 0.6 is 0 Å². The van der Waals surface area contributed by atoms with Crippen LogP contribution in [-0.2, 0) is 0 Å². The third-order valence-corrected chi connectivity index (χ3v) is 6.31. The third-order valence-electron chi connectivity index (χ3n) is 6.31. The summed E-state index contributed by atoms with van der Waals surface area (Å²) >= 11 is 0. The first-order chi connectivity index (χ1) is 20.1. The molecule has 0 amide bonds. The average molecular weight is 569 g/mol. The van der Waals surface area contributed by atoms with Gasteiger partial charge in [-0.3, -0.25) is 0 Å². The topological polar surface area (TPSA) is 40.5 Å². The van der Waals surface area contributed by atoms with E-state index in [0.29, 0.717) is 0 Å². The molecular formula is C40H56O2. The highest BCUT2D eigenvalue weighted by Crippen LogP contribution is 2.09.